The summed E-state index contributed by atoms with van der Waals surface area (Å²) in [6.07, 6.45) is -2.83. The first kappa shape index (κ1) is 45.5. The van der Waals surface area contributed by atoms with Crippen LogP contribution in [0.5, 0.6) is 5.75 Å². The van der Waals surface area contributed by atoms with Gasteiger partial charge in [0.25, 0.3) is 5.91 Å². The van der Waals surface area contributed by atoms with E-state index >= 15 is 4.39 Å². The van der Waals surface area contributed by atoms with Gasteiger partial charge in [-0.05, 0) is 72.4 Å². The lowest BCUT2D eigenvalue weighted by atomic mass is 9.90. The van der Waals surface area contributed by atoms with Crippen molar-refractivity contribution in [1.82, 2.24) is 30.5 Å². The van der Waals surface area contributed by atoms with Gasteiger partial charge in [-0.3, -0.25) is 14.4 Å². The SMILES string of the molecule is COC(=O)N[C@H](C(=O)N1C[C@@H](C)C[C@H]1c1nc2c(ccc3cc(-c4cc(F)c(NC(=O)c5ccc(NCCNC(=O)C(C)(C)C)nc5)cc4OC(F)(F)F)ccc32)[nH]1)C1CCOCC1. The van der Waals surface area contributed by atoms with E-state index in [1.54, 1.807) is 49.9 Å². The first-order valence-corrected chi connectivity index (χ1v) is 20.9. The van der Waals surface area contributed by atoms with Crippen LogP contribution >= 0.6 is 0 Å². The molecule has 2 aliphatic rings. The highest BCUT2D eigenvalue weighted by Gasteiger charge is 2.42. The number of alkyl halides is 3. The van der Waals surface area contributed by atoms with Gasteiger partial charge in [0.2, 0.25) is 11.8 Å². The second-order valence-corrected chi connectivity index (χ2v) is 17.1. The molecule has 15 nitrogen and oxygen atoms in total. The average molecular weight is 891 g/mol. The highest BCUT2D eigenvalue weighted by atomic mass is 19.4. The molecule has 0 aliphatic carbocycles. The first-order valence-electron chi connectivity index (χ1n) is 20.9. The van der Waals surface area contributed by atoms with Gasteiger partial charge >= 0.3 is 12.5 Å². The third kappa shape index (κ3) is 10.5. The topological polar surface area (TPSA) is 189 Å². The molecular weight excluding hydrogens is 841 g/mol. The van der Waals surface area contributed by atoms with Crippen molar-refractivity contribution in [3.8, 4) is 16.9 Å². The lowest BCUT2D eigenvalue weighted by Crippen LogP contribution is -2.53. The van der Waals surface area contributed by atoms with Crippen molar-refractivity contribution < 1.29 is 51.0 Å². The van der Waals surface area contributed by atoms with Crippen LogP contribution in [0.1, 0.15) is 69.2 Å². The number of halogens is 4. The number of aromatic nitrogens is 3. The fourth-order valence-corrected chi connectivity index (χ4v) is 8.03. The number of amides is 4. The minimum absolute atomic E-state index is 0.00669. The van der Waals surface area contributed by atoms with Crippen molar-refractivity contribution in [3.63, 3.8) is 0 Å². The number of H-pyrrole nitrogens is 1. The third-order valence-corrected chi connectivity index (χ3v) is 11.3. The molecule has 0 radical (unpaired) electrons. The normalized spacial score (nSPS) is 17.5. The molecule has 4 heterocycles. The molecule has 19 heteroatoms. The Hall–Kier alpha value is -6.50. The van der Waals surface area contributed by atoms with Gasteiger partial charge in [-0.15, -0.1) is 13.2 Å². The maximum atomic E-state index is 15.7. The van der Waals surface area contributed by atoms with Gasteiger partial charge in [0.05, 0.1) is 35.4 Å². The number of likely N-dealkylation sites (tertiary alicyclic amines) is 1. The number of ether oxygens (including phenoxy) is 3. The van der Waals surface area contributed by atoms with E-state index in [4.69, 9.17) is 14.5 Å². The van der Waals surface area contributed by atoms with Crippen LogP contribution in [-0.4, -0.2) is 96.0 Å². The summed E-state index contributed by atoms with van der Waals surface area (Å²) in [7, 11) is 1.25. The van der Waals surface area contributed by atoms with E-state index in [1.807, 2.05) is 6.92 Å². The average Bonchev–Trinajstić information content (AvgIpc) is 3.88. The monoisotopic (exact) mass is 890 g/mol. The Morgan fingerprint density at radius 3 is 2.45 bits per heavy atom. The van der Waals surface area contributed by atoms with Gasteiger partial charge in [0, 0.05) is 61.5 Å². The smallest absolute Gasteiger partial charge is 0.453 e. The summed E-state index contributed by atoms with van der Waals surface area (Å²) in [5.74, 6) is -2.03. The van der Waals surface area contributed by atoms with Crippen LogP contribution in [0.15, 0.2) is 60.8 Å². The molecule has 2 fully saturated rings. The van der Waals surface area contributed by atoms with Crippen molar-refractivity contribution in [1.29, 1.82) is 0 Å². The molecule has 4 amide bonds. The number of nitrogens with one attached hydrogen (secondary N) is 5. The number of methoxy groups -OCH3 is 1. The highest BCUT2D eigenvalue weighted by Crippen LogP contribution is 2.41. The van der Waals surface area contributed by atoms with Crippen LogP contribution in [0.2, 0.25) is 0 Å². The van der Waals surface area contributed by atoms with E-state index in [-0.39, 0.29) is 40.3 Å². The van der Waals surface area contributed by atoms with E-state index in [0.717, 1.165) is 12.1 Å². The molecule has 2 aliphatic heterocycles. The quantitative estimate of drug-likeness (QED) is 0.0614. The van der Waals surface area contributed by atoms with Crippen LogP contribution in [-0.2, 0) is 19.1 Å². The van der Waals surface area contributed by atoms with Crippen LogP contribution in [0, 0.1) is 23.1 Å². The van der Waals surface area contributed by atoms with Crippen molar-refractivity contribution in [2.45, 2.75) is 65.4 Å². The number of benzene rings is 3. The minimum atomic E-state index is -5.15. The molecule has 64 heavy (non-hydrogen) atoms. The summed E-state index contributed by atoms with van der Waals surface area (Å²) in [4.78, 5) is 66.0. The lowest BCUT2D eigenvalue weighted by Gasteiger charge is -2.34. The Bertz CT molecular complexity index is 2540. The minimum Gasteiger partial charge on any atom is -0.453 e. The Morgan fingerprint density at radius 1 is 1.00 bits per heavy atom. The van der Waals surface area contributed by atoms with Crippen molar-refractivity contribution in [3.05, 3.63) is 78.0 Å². The Kier molecular flexibility index (Phi) is 13.3. The summed E-state index contributed by atoms with van der Waals surface area (Å²) in [6.45, 7) is 9.49. The fraction of sp³-hybridized carbons (Fsp3) is 0.422. The number of fused-ring (bicyclic) bond motifs is 3. The second-order valence-electron chi connectivity index (χ2n) is 17.1. The molecule has 340 valence electrons. The number of rotatable bonds is 12. The molecule has 7 rings (SSSR count). The summed E-state index contributed by atoms with van der Waals surface area (Å²) >= 11 is 0. The summed E-state index contributed by atoms with van der Waals surface area (Å²) < 4.78 is 71.9. The number of aromatic amines is 1. The molecule has 0 saturated carbocycles. The Labute approximate surface area is 366 Å². The zero-order valence-corrected chi connectivity index (χ0v) is 36.0. The number of carbonyl (C=O) groups is 4. The second kappa shape index (κ2) is 18.7. The van der Waals surface area contributed by atoms with Gasteiger partial charge < -0.3 is 45.4 Å². The van der Waals surface area contributed by atoms with Gasteiger partial charge in [-0.1, -0.05) is 45.9 Å². The van der Waals surface area contributed by atoms with Gasteiger partial charge in [-0.2, -0.15) is 0 Å². The molecular formula is C45H50F4N8O7. The number of pyridine rings is 1. The number of nitrogens with zero attached hydrogens (tertiary/aromatic N) is 3. The lowest BCUT2D eigenvalue weighted by molar-refractivity contribution is -0.274. The first-order chi connectivity index (χ1) is 30.4. The molecule has 5 N–H and O–H groups in total. The Balaban J connectivity index is 1.11. The molecule has 5 aromatic rings. The van der Waals surface area contributed by atoms with Gasteiger partial charge in [0.15, 0.2) is 0 Å². The zero-order valence-electron chi connectivity index (χ0n) is 36.0. The number of imidazole rings is 1. The van der Waals surface area contributed by atoms with E-state index < -0.39 is 53.1 Å². The van der Waals surface area contributed by atoms with Crippen molar-refractivity contribution in [2.75, 3.05) is 50.6 Å². The molecule has 0 unspecified atom stereocenters. The van der Waals surface area contributed by atoms with Crippen molar-refractivity contribution >= 4 is 57.1 Å². The summed E-state index contributed by atoms with van der Waals surface area (Å²) in [5, 5.41) is 12.1. The standard InChI is InChI=1S/C45H50F4N8O7/c1-24-18-34(57(23-24)41(59)37(56-43(61)62-5)25-12-16-63-17-13-25)39-53-32-10-7-26-19-27(6-9-29(26)38(32)55-39)30-20-31(46)33(21-35(30)64-45(47,48)49)54-40(58)28-8-11-36(52-22-28)50-14-15-51-42(60)44(2,3)4/h6-11,19-22,24-25,34,37H,12-18,23H2,1-5H3,(H,50,52)(H,51,60)(H,53,55)(H,54,58)(H,56,61)/t24-,34-,37-/m0/s1. The molecule has 0 bridgehead atoms. The number of alkyl carbamates (subject to hydrolysis) is 1. The maximum Gasteiger partial charge on any atom is 0.573 e. The predicted molar refractivity (Wildman–Crippen MR) is 230 cm³/mol. The Morgan fingerprint density at radius 2 is 1.77 bits per heavy atom. The number of hydrogen-bond acceptors (Lipinski definition) is 10. The largest absolute Gasteiger partial charge is 0.573 e. The number of hydrogen-bond donors (Lipinski definition) is 5. The van der Waals surface area contributed by atoms with Crippen LogP contribution < -0.4 is 26.0 Å². The van der Waals surface area contributed by atoms with Crippen LogP contribution in [0.4, 0.5) is 33.9 Å². The van der Waals surface area contributed by atoms with Crippen LogP contribution in [0.3, 0.4) is 0 Å². The predicted octanol–water partition coefficient (Wildman–Crippen LogP) is 7.70. The van der Waals surface area contributed by atoms with Gasteiger partial charge in [0.1, 0.15) is 29.3 Å². The molecule has 2 aromatic heterocycles. The van der Waals surface area contributed by atoms with E-state index in [1.165, 1.54) is 31.5 Å². The van der Waals surface area contributed by atoms with E-state index in [2.05, 4.69) is 36.0 Å². The zero-order chi connectivity index (χ0) is 45.9. The van der Waals surface area contributed by atoms with Gasteiger partial charge in [-0.25, -0.2) is 19.2 Å². The maximum absolute atomic E-state index is 15.7. The molecule has 3 aromatic carbocycles. The number of carbonyl (C=O) groups excluding carboxylic acids is 4. The fourth-order valence-electron chi connectivity index (χ4n) is 8.03. The molecule has 0 spiro atoms. The van der Waals surface area contributed by atoms with E-state index in [9.17, 15) is 32.3 Å². The number of anilines is 2. The highest BCUT2D eigenvalue weighted by molar-refractivity contribution is 6.06. The van der Waals surface area contributed by atoms with Crippen molar-refractivity contribution in [2.24, 2.45) is 17.3 Å². The third-order valence-electron chi connectivity index (χ3n) is 11.3. The molecule has 3 atom stereocenters. The van der Waals surface area contributed by atoms with E-state index in [0.29, 0.717) is 85.6 Å². The summed E-state index contributed by atoms with van der Waals surface area (Å²) in [6, 6.07) is 11.6. The summed E-state index contributed by atoms with van der Waals surface area (Å²) in [5.41, 5.74) is 0.102. The van der Waals surface area contributed by atoms with Crippen LogP contribution in [0.25, 0.3) is 32.9 Å². The molecule has 2 saturated heterocycles.